The Morgan fingerprint density at radius 3 is 2.56 bits per heavy atom. The lowest BCUT2D eigenvalue weighted by atomic mass is 10.1. The molecule has 1 rings (SSSR count). The molecule has 0 fully saturated rings. The van der Waals surface area contributed by atoms with Crippen LogP contribution in [0, 0.1) is 0 Å². The summed E-state index contributed by atoms with van der Waals surface area (Å²) in [5.41, 5.74) is 3.99. The molecule has 0 bridgehead atoms. The maximum Gasteiger partial charge on any atom is 0.419 e. The summed E-state index contributed by atoms with van der Waals surface area (Å²) in [6.07, 6.45) is -4.76. The number of ether oxygens (including phenoxy) is 1. The van der Waals surface area contributed by atoms with Crippen LogP contribution in [-0.4, -0.2) is 17.6 Å². The number of aliphatic hydroxyl groups excluding tert-OH is 1. The van der Waals surface area contributed by atoms with Crippen molar-refractivity contribution in [3.8, 4) is 5.75 Å². The summed E-state index contributed by atoms with van der Waals surface area (Å²) >= 11 is 0. The Balaban J connectivity index is 2.92. The lowest BCUT2D eigenvalue weighted by molar-refractivity contribution is -0.139. The fraction of sp³-hybridized carbons (Fsp3) is 0.364. The quantitative estimate of drug-likeness (QED) is 0.844. The zero-order chi connectivity index (χ0) is 13.8. The van der Waals surface area contributed by atoms with E-state index in [0.717, 1.165) is 12.1 Å². The van der Waals surface area contributed by atoms with Gasteiger partial charge in [-0.1, -0.05) is 6.07 Å². The summed E-state index contributed by atoms with van der Waals surface area (Å²) in [6, 6.07) is 3.23. The molecule has 0 saturated heterocycles. The Morgan fingerprint density at radius 2 is 2.06 bits per heavy atom. The highest BCUT2D eigenvalue weighted by Crippen LogP contribution is 2.36. The number of alkyl halides is 3. The van der Waals surface area contributed by atoms with Crippen LogP contribution in [0.25, 0.3) is 0 Å². The highest BCUT2D eigenvalue weighted by Gasteiger charge is 2.34. The fourth-order valence-corrected chi connectivity index (χ4v) is 1.28. The first-order valence-corrected chi connectivity index (χ1v) is 5.06. The third-order valence-corrected chi connectivity index (χ3v) is 2.14. The van der Waals surface area contributed by atoms with E-state index in [4.69, 9.17) is 15.6 Å². The van der Waals surface area contributed by atoms with Gasteiger partial charge >= 0.3 is 6.18 Å². The summed E-state index contributed by atoms with van der Waals surface area (Å²) in [7, 11) is 0. The average molecular weight is 263 g/mol. The van der Waals surface area contributed by atoms with E-state index in [1.54, 1.807) is 0 Å². The molecule has 0 unspecified atom stereocenters. The molecular weight excluding hydrogens is 251 g/mol. The van der Waals surface area contributed by atoms with E-state index in [1.807, 2.05) is 0 Å². The second-order valence-electron chi connectivity index (χ2n) is 3.55. The van der Waals surface area contributed by atoms with Crippen molar-refractivity contribution in [3.05, 3.63) is 29.3 Å². The number of aliphatic hydroxyl groups is 1. The first-order valence-electron chi connectivity index (χ1n) is 5.06. The molecule has 4 nitrogen and oxygen atoms in total. The summed E-state index contributed by atoms with van der Waals surface area (Å²) < 4.78 is 43.0. The number of halogens is 3. The summed E-state index contributed by atoms with van der Waals surface area (Å²) in [5, 5.41) is 8.80. The molecule has 18 heavy (non-hydrogen) atoms. The third kappa shape index (κ3) is 3.92. The normalized spacial score (nSPS) is 11.3. The highest BCUT2D eigenvalue weighted by atomic mass is 19.4. The van der Waals surface area contributed by atoms with Crippen molar-refractivity contribution >= 4 is 5.91 Å². The van der Waals surface area contributed by atoms with Gasteiger partial charge in [0.15, 0.2) is 0 Å². The SMILES string of the molecule is NC(=O)CCOc1ccc(CO)cc1C(F)(F)F. The van der Waals surface area contributed by atoms with Gasteiger partial charge in [0.2, 0.25) is 5.91 Å². The molecule has 0 radical (unpaired) electrons. The summed E-state index contributed by atoms with van der Waals surface area (Å²) in [6.45, 7) is -0.721. The van der Waals surface area contributed by atoms with Gasteiger partial charge in [-0.2, -0.15) is 13.2 Å². The molecule has 1 aromatic rings. The van der Waals surface area contributed by atoms with E-state index < -0.39 is 24.3 Å². The number of nitrogens with two attached hydrogens (primary N) is 1. The molecular formula is C11H12F3NO3. The van der Waals surface area contributed by atoms with E-state index in [2.05, 4.69) is 0 Å². The van der Waals surface area contributed by atoms with Crippen LogP contribution in [0.15, 0.2) is 18.2 Å². The van der Waals surface area contributed by atoms with E-state index in [0.29, 0.717) is 0 Å². The molecule has 0 atom stereocenters. The minimum absolute atomic E-state index is 0.129. The van der Waals surface area contributed by atoms with Crippen molar-refractivity contribution in [2.45, 2.75) is 19.2 Å². The molecule has 0 saturated carbocycles. The first-order chi connectivity index (χ1) is 8.34. The van der Waals surface area contributed by atoms with Crippen molar-refractivity contribution in [2.24, 2.45) is 5.73 Å². The Morgan fingerprint density at radius 1 is 1.39 bits per heavy atom. The van der Waals surface area contributed by atoms with Crippen molar-refractivity contribution in [1.29, 1.82) is 0 Å². The van der Waals surface area contributed by atoms with Gasteiger partial charge in [-0.25, -0.2) is 0 Å². The van der Waals surface area contributed by atoms with Gasteiger partial charge in [0.25, 0.3) is 0 Å². The van der Waals surface area contributed by atoms with Gasteiger partial charge in [0.1, 0.15) is 5.75 Å². The lowest BCUT2D eigenvalue weighted by Crippen LogP contribution is -2.16. The molecule has 0 spiro atoms. The topological polar surface area (TPSA) is 72.6 Å². The number of hydrogen-bond acceptors (Lipinski definition) is 3. The Kier molecular flexibility index (Phi) is 4.55. The van der Waals surface area contributed by atoms with E-state index in [-0.39, 0.29) is 24.3 Å². The molecule has 0 heterocycles. The monoisotopic (exact) mass is 263 g/mol. The van der Waals surface area contributed by atoms with Crippen LogP contribution >= 0.6 is 0 Å². The first kappa shape index (κ1) is 14.3. The fourth-order valence-electron chi connectivity index (χ4n) is 1.28. The van der Waals surface area contributed by atoms with Crippen molar-refractivity contribution in [2.75, 3.05) is 6.61 Å². The molecule has 0 aliphatic carbocycles. The Hall–Kier alpha value is -1.76. The van der Waals surface area contributed by atoms with Gasteiger partial charge in [-0.15, -0.1) is 0 Å². The smallest absolute Gasteiger partial charge is 0.419 e. The predicted octanol–water partition coefficient (Wildman–Crippen LogP) is 1.45. The van der Waals surface area contributed by atoms with Crippen molar-refractivity contribution < 1.29 is 27.8 Å². The molecule has 3 N–H and O–H groups in total. The number of rotatable bonds is 5. The number of carbonyl (C=O) groups excluding carboxylic acids is 1. The number of primary amides is 1. The van der Waals surface area contributed by atoms with Gasteiger partial charge in [-0.05, 0) is 17.7 Å². The van der Waals surface area contributed by atoms with Gasteiger partial charge in [-0.3, -0.25) is 4.79 Å². The van der Waals surface area contributed by atoms with Crippen LogP contribution in [0.4, 0.5) is 13.2 Å². The Bertz CT molecular complexity index is 432. The minimum atomic E-state index is -4.59. The van der Waals surface area contributed by atoms with Crippen LogP contribution in [0.5, 0.6) is 5.75 Å². The largest absolute Gasteiger partial charge is 0.492 e. The zero-order valence-electron chi connectivity index (χ0n) is 9.33. The number of hydrogen-bond donors (Lipinski definition) is 2. The van der Waals surface area contributed by atoms with Crippen LogP contribution in [0.2, 0.25) is 0 Å². The number of carbonyl (C=O) groups is 1. The Labute approximate surface area is 101 Å². The second-order valence-corrected chi connectivity index (χ2v) is 3.55. The number of benzene rings is 1. The predicted molar refractivity (Wildman–Crippen MR) is 56.7 cm³/mol. The van der Waals surface area contributed by atoms with E-state index in [1.165, 1.54) is 6.07 Å². The maximum absolute atomic E-state index is 12.7. The van der Waals surface area contributed by atoms with Crippen LogP contribution in [0.1, 0.15) is 17.5 Å². The summed E-state index contributed by atoms with van der Waals surface area (Å²) in [4.78, 5) is 10.5. The molecule has 100 valence electrons. The van der Waals surface area contributed by atoms with Crippen molar-refractivity contribution in [3.63, 3.8) is 0 Å². The third-order valence-electron chi connectivity index (χ3n) is 2.14. The number of amides is 1. The van der Waals surface area contributed by atoms with E-state index >= 15 is 0 Å². The van der Waals surface area contributed by atoms with Crippen LogP contribution in [-0.2, 0) is 17.6 Å². The molecule has 0 aliphatic rings. The second kappa shape index (κ2) is 5.72. The van der Waals surface area contributed by atoms with E-state index in [9.17, 15) is 18.0 Å². The van der Waals surface area contributed by atoms with Gasteiger partial charge in [0.05, 0.1) is 25.2 Å². The molecule has 1 aromatic carbocycles. The van der Waals surface area contributed by atoms with Crippen LogP contribution in [0.3, 0.4) is 0 Å². The molecule has 0 aliphatic heterocycles. The van der Waals surface area contributed by atoms with Crippen molar-refractivity contribution in [1.82, 2.24) is 0 Å². The van der Waals surface area contributed by atoms with Gasteiger partial charge in [0, 0.05) is 0 Å². The standard InChI is InChI=1S/C11H12F3NO3/c12-11(13,14)8-5-7(6-16)1-2-9(8)18-4-3-10(15)17/h1-2,5,16H,3-4,6H2,(H2,15,17). The minimum Gasteiger partial charge on any atom is -0.492 e. The van der Waals surface area contributed by atoms with Gasteiger partial charge < -0.3 is 15.6 Å². The highest BCUT2D eigenvalue weighted by molar-refractivity contribution is 5.73. The van der Waals surface area contributed by atoms with Crippen LogP contribution < -0.4 is 10.5 Å². The zero-order valence-corrected chi connectivity index (χ0v) is 9.33. The molecule has 1 amide bonds. The molecule has 0 aromatic heterocycles. The average Bonchev–Trinajstić information content (AvgIpc) is 2.27. The molecule has 7 heteroatoms. The maximum atomic E-state index is 12.7. The summed E-state index contributed by atoms with van der Waals surface area (Å²) in [5.74, 6) is -1.04. The lowest BCUT2D eigenvalue weighted by Gasteiger charge is -2.14.